The lowest BCUT2D eigenvalue weighted by molar-refractivity contribution is -0.0328. The minimum Gasteiger partial charge on any atom is -0.311 e. The lowest BCUT2D eigenvalue weighted by Gasteiger charge is -2.26. The second-order valence-electron chi connectivity index (χ2n) is 5.97. The van der Waals surface area contributed by atoms with Gasteiger partial charge in [0.2, 0.25) is 0 Å². The molecule has 0 heterocycles. The highest BCUT2D eigenvalue weighted by Crippen LogP contribution is 2.33. The highest BCUT2D eigenvalue weighted by atomic mass is 32.2. The predicted octanol–water partition coefficient (Wildman–Crippen LogP) is 4.94. The SMILES string of the molecule is CC(C)(C)NCC(CCSC(F)(F)F)c1cccc(F)c1. The van der Waals surface area contributed by atoms with E-state index in [-0.39, 0.29) is 34.8 Å². The zero-order chi connectivity index (χ0) is 16.1. The average molecular weight is 323 g/mol. The van der Waals surface area contributed by atoms with Crippen LogP contribution in [0.2, 0.25) is 0 Å². The van der Waals surface area contributed by atoms with Crippen LogP contribution in [0.1, 0.15) is 38.7 Å². The van der Waals surface area contributed by atoms with Crippen LogP contribution in [0.4, 0.5) is 17.6 Å². The Kier molecular flexibility index (Phi) is 6.53. The minimum absolute atomic E-state index is 0.0274. The molecule has 1 N–H and O–H groups in total. The van der Waals surface area contributed by atoms with Crippen molar-refractivity contribution in [2.45, 2.75) is 44.2 Å². The van der Waals surface area contributed by atoms with Crippen LogP contribution in [0.25, 0.3) is 0 Å². The van der Waals surface area contributed by atoms with Gasteiger partial charge in [0.1, 0.15) is 5.82 Å². The van der Waals surface area contributed by atoms with Crippen molar-refractivity contribution in [2.24, 2.45) is 0 Å². The van der Waals surface area contributed by atoms with Gasteiger partial charge in [-0.3, -0.25) is 0 Å². The van der Waals surface area contributed by atoms with E-state index in [0.29, 0.717) is 13.0 Å². The summed E-state index contributed by atoms with van der Waals surface area (Å²) in [5.74, 6) is -0.539. The predicted molar refractivity (Wildman–Crippen MR) is 80.0 cm³/mol. The van der Waals surface area contributed by atoms with Crippen LogP contribution >= 0.6 is 11.8 Å². The molecule has 0 saturated heterocycles. The Morgan fingerprint density at radius 1 is 1.19 bits per heavy atom. The first-order valence-electron chi connectivity index (χ1n) is 6.78. The molecule has 0 fully saturated rings. The molecule has 1 nitrogen and oxygen atoms in total. The molecule has 0 amide bonds. The maximum Gasteiger partial charge on any atom is 0.441 e. The Hall–Kier alpha value is -0.750. The summed E-state index contributed by atoms with van der Waals surface area (Å²) in [4.78, 5) is 0. The molecule has 1 rings (SSSR count). The number of alkyl halides is 3. The van der Waals surface area contributed by atoms with E-state index in [9.17, 15) is 17.6 Å². The van der Waals surface area contributed by atoms with Gasteiger partial charge in [-0.2, -0.15) is 13.2 Å². The lowest BCUT2D eigenvalue weighted by Crippen LogP contribution is -2.38. The molecule has 0 aromatic heterocycles. The summed E-state index contributed by atoms with van der Waals surface area (Å²) in [6.45, 7) is 6.48. The second kappa shape index (κ2) is 7.49. The summed E-state index contributed by atoms with van der Waals surface area (Å²) in [7, 11) is 0. The zero-order valence-electron chi connectivity index (χ0n) is 12.4. The molecular weight excluding hydrogens is 302 g/mol. The molecule has 120 valence electrons. The fourth-order valence-electron chi connectivity index (χ4n) is 1.89. The molecule has 1 aromatic carbocycles. The molecule has 0 bridgehead atoms. The molecule has 1 unspecified atom stereocenters. The molecule has 0 radical (unpaired) electrons. The topological polar surface area (TPSA) is 12.0 Å². The van der Waals surface area contributed by atoms with Gasteiger partial charge >= 0.3 is 5.51 Å². The average Bonchev–Trinajstić information content (AvgIpc) is 2.30. The number of thioether (sulfide) groups is 1. The first kappa shape index (κ1) is 18.3. The number of hydrogen-bond acceptors (Lipinski definition) is 2. The third-order valence-electron chi connectivity index (χ3n) is 2.93. The molecule has 0 aliphatic heterocycles. The molecule has 0 spiro atoms. The molecule has 0 saturated carbocycles. The van der Waals surface area contributed by atoms with Gasteiger partial charge in [-0.05, 0) is 50.8 Å². The molecule has 21 heavy (non-hydrogen) atoms. The van der Waals surface area contributed by atoms with Crippen LogP contribution < -0.4 is 5.32 Å². The van der Waals surface area contributed by atoms with Crippen molar-refractivity contribution in [3.63, 3.8) is 0 Å². The van der Waals surface area contributed by atoms with Crippen molar-refractivity contribution in [3.05, 3.63) is 35.6 Å². The highest BCUT2D eigenvalue weighted by molar-refractivity contribution is 8.00. The first-order chi connectivity index (χ1) is 9.57. The van der Waals surface area contributed by atoms with Crippen molar-refractivity contribution >= 4 is 11.8 Å². The Balaban J connectivity index is 2.70. The molecule has 0 aliphatic carbocycles. The van der Waals surface area contributed by atoms with Gasteiger partial charge in [0.15, 0.2) is 0 Å². The van der Waals surface area contributed by atoms with Crippen LogP contribution in [0.3, 0.4) is 0 Å². The van der Waals surface area contributed by atoms with Crippen LogP contribution in [-0.2, 0) is 0 Å². The minimum atomic E-state index is -4.22. The standard InChI is InChI=1S/C15H21F4NS/c1-14(2,3)20-10-12(7-8-21-15(17,18)19)11-5-4-6-13(16)9-11/h4-6,9,12,20H,7-8,10H2,1-3H3. The number of benzene rings is 1. The van der Waals surface area contributed by atoms with Gasteiger partial charge in [0.25, 0.3) is 0 Å². The van der Waals surface area contributed by atoms with E-state index >= 15 is 0 Å². The van der Waals surface area contributed by atoms with Crippen molar-refractivity contribution in [1.29, 1.82) is 0 Å². The zero-order valence-corrected chi connectivity index (χ0v) is 13.2. The summed E-state index contributed by atoms with van der Waals surface area (Å²) in [5.41, 5.74) is -3.62. The quantitative estimate of drug-likeness (QED) is 0.744. The van der Waals surface area contributed by atoms with Crippen LogP contribution in [0.15, 0.2) is 24.3 Å². The van der Waals surface area contributed by atoms with Crippen molar-refractivity contribution in [2.75, 3.05) is 12.3 Å². The highest BCUT2D eigenvalue weighted by Gasteiger charge is 2.28. The van der Waals surface area contributed by atoms with Crippen molar-refractivity contribution in [3.8, 4) is 0 Å². The maximum absolute atomic E-state index is 13.3. The van der Waals surface area contributed by atoms with Crippen molar-refractivity contribution in [1.82, 2.24) is 5.32 Å². The normalized spacial score (nSPS) is 14.2. The number of nitrogens with one attached hydrogen (secondary N) is 1. The molecular formula is C15H21F4NS. The van der Waals surface area contributed by atoms with Gasteiger partial charge in [-0.15, -0.1) is 0 Å². The number of halogens is 4. The second-order valence-corrected chi connectivity index (χ2v) is 7.13. The molecule has 1 atom stereocenters. The van der Waals surface area contributed by atoms with E-state index in [0.717, 1.165) is 5.56 Å². The van der Waals surface area contributed by atoms with Gasteiger partial charge in [-0.1, -0.05) is 23.9 Å². The summed E-state index contributed by atoms with van der Waals surface area (Å²) in [6, 6.07) is 6.08. The number of hydrogen-bond donors (Lipinski definition) is 1. The molecule has 1 aromatic rings. The summed E-state index contributed by atoms with van der Waals surface area (Å²) in [6.07, 6.45) is 0.344. The summed E-state index contributed by atoms with van der Waals surface area (Å²) >= 11 is -0.0274. The van der Waals surface area contributed by atoms with E-state index < -0.39 is 5.51 Å². The Bertz CT molecular complexity index is 440. The van der Waals surface area contributed by atoms with Gasteiger partial charge in [-0.25, -0.2) is 4.39 Å². The fourth-order valence-corrected chi connectivity index (χ4v) is 2.53. The number of rotatable bonds is 6. The molecule has 0 aliphatic rings. The fraction of sp³-hybridized carbons (Fsp3) is 0.600. The third-order valence-corrected chi connectivity index (χ3v) is 3.70. The van der Waals surface area contributed by atoms with Gasteiger partial charge in [0, 0.05) is 17.8 Å². The first-order valence-corrected chi connectivity index (χ1v) is 7.76. The van der Waals surface area contributed by atoms with Crippen LogP contribution in [0, 0.1) is 5.82 Å². The summed E-state index contributed by atoms with van der Waals surface area (Å²) in [5, 5.41) is 3.27. The Morgan fingerprint density at radius 3 is 2.38 bits per heavy atom. The van der Waals surface area contributed by atoms with E-state index in [1.54, 1.807) is 12.1 Å². The van der Waals surface area contributed by atoms with Gasteiger partial charge < -0.3 is 5.32 Å². The maximum atomic E-state index is 13.3. The smallest absolute Gasteiger partial charge is 0.311 e. The monoisotopic (exact) mass is 323 g/mol. The van der Waals surface area contributed by atoms with Crippen LogP contribution in [-0.4, -0.2) is 23.3 Å². The summed E-state index contributed by atoms with van der Waals surface area (Å²) < 4.78 is 50.0. The van der Waals surface area contributed by atoms with E-state index in [4.69, 9.17) is 0 Å². The van der Waals surface area contributed by atoms with Crippen molar-refractivity contribution < 1.29 is 17.6 Å². The van der Waals surface area contributed by atoms with E-state index in [2.05, 4.69) is 5.32 Å². The lowest BCUT2D eigenvalue weighted by atomic mass is 9.95. The largest absolute Gasteiger partial charge is 0.441 e. The molecule has 6 heteroatoms. The Labute approximate surface area is 127 Å². The van der Waals surface area contributed by atoms with Gasteiger partial charge in [0.05, 0.1) is 0 Å². The van der Waals surface area contributed by atoms with E-state index in [1.165, 1.54) is 12.1 Å². The third kappa shape index (κ3) is 8.31. The van der Waals surface area contributed by atoms with Crippen LogP contribution in [0.5, 0.6) is 0 Å². The Morgan fingerprint density at radius 2 is 1.86 bits per heavy atom. The van der Waals surface area contributed by atoms with E-state index in [1.807, 2.05) is 20.8 Å².